The zero-order valence-electron chi connectivity index (χ0n) is 17.5. The summed E-state index contributed by atoms with van der Waals surface area (Å²) >= 11 is 0. The van der Waals surface area contributed by atoms with Gasteiger partial charge in [0.2, 0.25) is 0 Å². The van der Waals surface area contributed by atoms with Crippen LogP contribution in [0.25, 0.3) is 10.8 Å². The van der Waals surface area contributed by atoms with Crippen LogP contribution in [-0.4, -0.2) is 13.0 Å². The summed E-state index contributed by atoms with van der Waals surface area (Å²) in [7, 11) is -4.22. The van der Waals surface area contributed by atoms with Crippen molar-refractivity contribution in [3.05, 3.63) is 41.5 Å². The number of aryl methyl sites for hydroxylation is 2. The summed E-state index contributed by atoms with van der Waals surface area (Å²) in [6, 6.07) is 9.86. The van der Waals surface area contributed by atoms with E-state index in [4.69, 9.17) is 0 Å². The van der Waals surface area contributed by atoms with Gasteiger partial charge in [-0.15, -0.1) is 0 Å². The lowest BCUT2D eigenvalue weighted by Crippen LogP contribution is -2.04. The lowest BCUT2D eigenvalue weighted by atomic mass is 9.96. The molecule has 0 radical (unpaired) electrons. The molecule has 4 heteroatoms. The lowest BCUT2D eigenvalue weighted by Gasteiger charge is -2.13. The first-order valence-electron chi connectivity index (χ1n) is 11.0. The van der Waals surface area contributed by atoms with Crippen LogP contribution in [0.1, 0.15) is 89.2 Å². The lowest BCUT2D eigenvalue weighted by molar-refractivity contribution is 0.482. The molecule has 0 spiro atoms. The minimum absolute atomic E-state index is 0.0916. The highest BCUT2D eigenvalue weighted by Gasteiger charge is 2.17. The fourth-order valence-corrected chi connectivity index (χ4v) is 4.67. The molecular weight excluding hydrogens is 368 g/mol. The summed E-state index contributed by atoms with van der Waals surface area (Å²) in [5, 5.41) is 2.03. The second kappa shape index (κ2) is 11.6. The largest absolute Gasteiger partial charge is 0.294 e. The number of benzene rings is 2. The van der Waals surface area contributed by atoms with Crippen molar-refractivity contribution >= 4 is 20.9 Å². The Bertz CT molecular complexity index is 840. The summed E-state index contributed by atoms with van der Waals surface area (Å²) in [6.07, 6.45) is 13.3. The third kappa shape index (κ3) is 6.89. The van der Waals surface area contributed by atoms with E-state index in [0.29, 0.717) is 6.42 Å². The molecule has 0 heterocycles. The normalized spacial score (nSPS) is 12.0. The van der Waals surface area contributed by atoms with Crippen molar-refractivity contribution in [3.8, 4) is 0 Å². The van der Waals surface area contributed by atoms with Gasteiger partial charge in [-0.05, 0) is 59.7 Å². The smallest absolute Gasteiger partial charge is 0.282 e. The first-order chi connectivity index (χ1) is 13.5. The van der Waals surface area contributed by atoms with Crippen LogP contribution in [0.5, 0.6) is 0 Å². The van der Waals surface area contributed by atoms with Gasteiger partial charge in [0, 0.05) is 0 Å². The Morgan fingerprint density at radius 2 is 1.32 bits per heavy atom. The molecule has 0 saturated heterocycles. The molecule has 28 heavy (non-hydrogen) atoms. The minimum atomic E-state index is -4.22. The van der Waals surface area contributed by atoms with Gasteiger partial charge >= 0.3 is 0 Å². The molecule has 0 saturated carbocycles. The van der Waals surface area contributed by atoms with Crippen LogP contribution in [0.15, 0.2) is 35.2 Å². The van der Waals surface area contributed by atoms with Gasteiger partial charge < -0.3 is 0 Å². The Labute approximate surface area is 171 Å². The molecule has 0 bridgehead atoms. The quantitative estimate of drug-likeness (QED) is 0.286. The number of hydrogen-bond acceptors (Lipinski definition) is 2. The van der Waals surface area contributed by atoms with Crippen molar-refractivity contribution in [2.24, 2.45) is 0 Å². The standard InChI is InChI=1S/C24H36O3S/c1-3-5-7-9-11-14-20-16-13-17-21-18-22(15-12-10-8-6-4-2)24(19-23(20)21)28(25,26)27/h13,16-19H,3-12,14-15H2,1-2H3,(H,25,26,27). The van der Waals surface area contributed by atoms with E-state index in [1.807, 2.05) is 12.1 Å². The second-order valence-corrected chi connectivity index (χ2v) is 9.29. The summed E-state index contributed by atoms with van der Waals surface area (Å²) in [4.78, 5) is 0.0916. The van der Waals surface area contributed by atoms with Crippen molar-refractivity contribution < 1.29 is 13.0 Å². The maximum absolute atomic E-state index is 12.0. The zero-order chi connectivity index (χ0) is 20.4. The SMILES string of the molecule is CCCCCCCc1cc2cccc(CCCCCCC)c2cc1S(=O)(=O)O. The number of hydrogen-bond donors (Lipinski definition) is 1. The van der Waals surface area contributed by atoms with Crippen LogP contribution in [0.3, 0.4) is 0 Å². The average molecular weight is 405 g/mol. The van der Waals surface area contributed by atoms with Crippen LogP contribution in [-0.2, 0) is 23.0 Å². The van der Waals surface area contributed by atoms with E-state index in [0.717, 1.165) is 42.0 Å². The van der Waals surface area contributed by atoms with E-state index in [1.54, 1.807) is 6.07 Å². The van der Waals surface area contributed by atoms with Gasteiger partial charge in [0.1, 0.15) is 0 Å². The number of fused-ring (bicyclic) bond motifs is 1. The van der Waals surface area contributed by atoms with Gasteiger partial charge in [0.15, 0.2) is 0 Å². The molecule has 0 fully saturated rings. The molecule has 0 unspecified atom stereocenters. The maximum Gasteiger partial charge on any atom is 0.294 e. The summed E-state index contributed by atoms with van der Waals surface area (Å²) < 4.78 is 33.9. The Hall–Kier alpha value is -1.39. The van der Waals surface area contributed by atoms with Crippen LogP contribution in [0.2, 0.25) is 0 Å². The minimum Gasteiger partial charge on any atom is -0.282 e. The van der Waals surface area contributed by atoms with Crippen LogP contribution < -0.4 is 0 Å². The fraction of sp³-hybridized carbons (Fsp3) is 0.583. The van der Waals surface area contributed by atoms with Gasteiger partial charge in [0.05, 0.1) is 4.90 Å². The molecule has 1 N–H and O–H groups in total. The highest BCUT2D eigenvalue weighted by atomic mass is 32.2. The Balaban J connectivity index is 2.23. The number of rotatable bonds is 13. The van der Waals surface area contributed by atoms with Crippen molar-refractivity contribution in [3.63, 3.8) is 0 Å². The Morgan fingerprint density at radius 3 is 1.89 bits per heavy atom. The predicted molar refractivity (Wildman–Crippen MR) is 119 cm³/mol. The molecule has 2 aromatic carbocycles. The first-order valence-corrected chi connectivity index (χ1v) is 12.4. The Kier molecular flexibility index (Phi) is 9.46. The molecular formula is C24H36O3S. The van der Waals surface area contributed by atoms with Crippen molar-refractivity contribution in [1.29, 1.82) is 0 Å². The molecule has 0 atom stereocenters. The van der Waals surface area contributed by atoms with E-state index in [-0.39, 0.29) is 4.90 Å². The van der Waals surface area contributed by atoms with E-state index < -0.39 is 10.1 Å². The fourth-order valence-electron chi connectivity index (χ4n) is 3.91. The van der Waals surface area contributed by atoms with Gasteiger partial charge in [0.25, 0.3) is 10.1 Å². The molecule has 0 aromatic heterocycles. The van der Waals surface area contributed by atoms with Gasteiger partial charge in [-0.1, -0.05) is 83.4 Å². The van der Waals surface area contributed by atoms with E-state index >= 15 is 0 Å². The second-order valence-electron chi connectivity index (χ2n) is 7.90. The average Bonchev–Trinajstić information content (AvgIpc) is 2.66. The monoisotopic (exact) mass is 404 g/mol. The van der Waals surface area contributed by atoms with Crippen LogP contribution in [0.4, 0.5) is 0 Å². The summed E-state index contributed by atoms with van der Waals surface area (Å²) in [5.41, 5.74) is 1.92. The Morgan fingerprint density at radius 1 is 0.750 bits per heavy atom. The maximum atomic E-state index is 12.0. The summed E-state index contributed by atoms with van der Waals surface area (Å²) in [5.74, 6) is 0. The van der Waals surface area contributed by atoms with E-state index in [9.17, 15) is 13.0 Å². The molecule has 2 rings (SSSR count). The zero-order valence-corrected chi connectivity index (χ0v) is 18.4. The molecule has 0 aliphatic heterocycles. The van der Waals surface area contributed by atoms with Crippen molar-refractivity contribution in [2.75, 3.05) is 0 Å². The van der Waals surface area contributed by atoms with Crippen LogP contribution >= 0.6 is 0 Å². The molecule has 156 valence electrons. The topological polar surface area (TPSA) is 54.4 Å². The highest BCUT2D eigenvalue weighted by molar-refractivity contribution is 7.85. The van der Waals surface area contributed by atoms with Crippen molar-refractivity contribution in [1.82, 2.24) is 0 Å². The van der Waals surface area contributed by atoms with Crippen LogP contribution in [0, 0.1) is 0 Å². The third-order valence-electron chi connectivity index (χ3n) is 5.53. The van der Waals surface area contributed by atoms with Gasteiger partial charge in [-0.2, -0.15) is 8.42 Å². The van der Waals surface area contributed by atoms with E-state index in [1.165, 1.54) is 50.5 Å². The van der Waals surface area contributed by atoms with Gasteiger partial charge in [-0.3, -0.25) is 4.55 Å². The molecule has 2 aromatic rings. The number of unbranched alkanes of at least 4 members (excludes halogenated alkanes) is 8. The third-order valence-corrected chi connectivity index (χ3v) is 6.46. The molecule has 3 nitrogen and oxygen atoms in total. The van der Waals surface area contributed by atoms with E-state index in [2.05, 4.69) is 26.0 Å². The highest BCUT2D eigenvalue weighted by Crippen LogP contribution is 2.28. The molecule has 0 aliphatic rings. The molecule has 0 aliphatic carbocycles. The van der Waals surface area contributed by atoms with Gasteiger partial charge in [-0.25, -0.2) is 0 Å². The summed E-state index contributed by atoms with van der Waals surface area (Å²) in [6.45, 7) is 4.39. The predicted octanol–water partition coefficient (Wildman–Crippen LogP) is 7.11. The van der Waals surface area contributed by atoms with Crippen molar-refractivity contribution in [2.45, 2.75) is 95.8 Å². The molecule has 0 amide bonds. The first kappa shape index (κ1) is 22.9.